The molecule has 0 saturated carbocycles. The molecule has 0 radical (unpaired) electrons. The number of pyridine rings is 1. The van der Waals surface area contributed by atoms with Gasteiger partial charge in [-0.25, -0.2) is 4.98 Å². The van der Waals surface area contributed by atoms with Crippen LogP contribution in [0.5, 0.6) is 0 Å². The predicted octanol–water partition coefficient (Wildman–Crippen LogP) is 3.82. The number of fused-ring (bicyclic) bond motifs is 1. The minimum Gasteiger partial charge on any atom is -0.465 e. The molecule has 1 aromatic carbocycles. The summed E-state index contributed by atoms with van der Waals surface area (Å²) in [6.45, 7) is 2.73. The third kappa shape index (κ3) is 2.56. The molecule has 3 rings (SSSR count). The average molecular weight is 274 g/mol. The SMILES string of the molecule is Cc1cc(NCc2ccco2)[nH+]c2cc(Cl)ccc12. The Morgan fingerprint density at radius 2 is 2.16 bits per heavy atom. The van der Waals surface area contributed by atoms with Crippen LogP contribution < -0.4 is 10.3 Å². The number of H-pyrrole nitrogens is 1. The highest BCUT2D eigenvalue weighted by molar-refractivity contribution is 6.31. The van der Waals surface area contributed by atoms with Crippen LogP contribution in [0.15, 0.2) is 47.1 Å². The molecule has 4 heteroatoms. The molecule has 0 fully saturated rings. The Morgan fingerprint density at radius 1 is 1.26 bits per heavy atom. The first-order valence-corrected chi connectivity index (χ1v) is 6.48. The molecule has 0 spiro atoms. The van der Waals surface area contributed by atoms with E-state index in [1.54, 1.807) is 6.26 Å². The van der Waals surface area contributed by atoms with Crippen molar-refractivity contribution >= 4 is 28.3 Å². The van der Waals surface area contributed by atoms with Gasteiger partial charge >= 0.3 is 0 Å². The number of hydrogen-bond donors (Lipinski definition) is 1. The number of halogens is 1. The van der Waals surface area contributed by atoms with Gasteiger partial charge in [-0.3, -0.25) is 5.32 Å². The van der Waals surface area contributed by atoms with Crippen molar-refractivity contribution in [3.8, 4) is 0 Å². The molecule has 0 saturated heterocycles. The highest BCUT2D eigenvalue weighted by atomic mass is 35.5. The van der Waals surface area contributed by atoms with Crippen molar-refractivity contribution in [1.82, 2.24) is 0 Å². The zero-order chi connectivity index (χ0) is 13.2. The van der Waals surface area contributed by atoms with Crippen LogP contribution in [0.2, 0.25) is 5.02 Å². The Labute approximate surface area is 116 Å². The van der Waals surface area contributed by atoms with Crippen molar-refractivity contribution in [1.29, 1.82) is 0 Å². The van der Waals surface area contributed by atoms with Gasteiger partial charge in [0.05, 0.1) is 6.26 Å². The lowest BCUT2D eigenvalue weighted by Crippen LogP contribution is -2.14. The largest absolute Gasteiger partial charge is 0.465 e. The first-order chi connectivity index (χ1) is 9.22. The quantitative estimate of drug-likeness (QED) is 0.788. The van der Waals surface area contributed by atoms with Crippen LogP contribution in [-0.4, -0.2) is 0 Å². The third-order valence-corrected chi connectivity index (χ3v) is 3.30. The minimum atomic E-state index is 0.648. The van der Waals surface area contributed by atoms with E-state index in [0.29, 0.717) is 6.54 Å². The van der Waals surface area contributed by atoms with Gasteiger partial charge in [0.2, 0.25) is 0 Å². The predicted molar refractivity (Wildman–Crippen MR) is 76.3 cm³/mol. The van der Waals surface area contributed by atoms with E-state index in [2.05, 4.69) is 23.3 Å². The fourth-order valence-corrected chi connectivity index (χ4v) is 2.30. The van der Waals surface area contributed by atoms with Crippen LogP contribution >= 0.6 is 11.6 Å². The number of aromatic nitrogens is 1. The van der Waals surface area contributed by atoms with Crippen LogP contribution in [0.4, 0.5) is 5.82 Å². The molecule has 0 aliphatic rings. The molecule has 96 valence electrons. The lowest BCUT2D eigenvalue weighted by Gasteiger charge is -2.03. The van der Waals surface area contributed by atoms with E-state index in [1.807, 2.05) is 30.3 Å². The highest BCUT2D eigenvalue weighted by Gasteiger charge is 2.09. The second-order valence-electron chi connectivity index (χ2n) is 4.49. The summed E-state index contributed by atoms with van der Waals surface area (Å²) in [6.07, 6.45) is 1.67. The first-order valence-electron chi connectivity index (χ1n) is 6.11. The van der Waals surface area contributed by atoms with E-state index in [4.69, 9.17) is 16.0 Å². The molecule has 2 heterocycles. The maximum Gasteiger partial charge on any atom is 0.273 e. The Balaban J connectivity index is 1.91. The number of furan rings is 1. The van der Waals surface area contributed by atoms with Crippen LogP contribution in [0.3, 0.4) is 0 Å². The first kappa shape index (κ1) is 12.1. The van der Waals surface area contributed by atoms with Gasteiger partial charge in [-0.15, -0.1) is 0 Å². The zero-order valence-corrected chi connectivity index (χ0v) is 11.3. The molecule has 3 nitrogen and oxygen atoms in total. The molecular formula is C15H14ClN2O+. The summed E-state index contributed by atoms with van der Waals surface area (Å²) >= 11 is 6.03. The Bertz CT molecular complexity index is 707. The van der Waals surface area contributed by atoms with E-state index >= 15 is 0 Å². The van der Waals surface area contributed by atoms with Gasteiger partial charge in [-0.05, 0) is 36.8 Å². The van der Waals surface area contributed by atoms with Gasteiger partial charge < -0.3 is 4.42 Å². The van der Waals surface area contributed by atoms with Gasteiger partial charge in [-0.1, -0.05) is 11.6 Å². The number of aromatic amines is 1. The van der Waals surface area contributed by atoms with Crippen molar-refractivity contribution in [3.63, 3.8) is 0 Å². The zero-order valence-electron chi connectivity index (χ0n) is 10.5. The van der Waals surface area contributed by atoms with E-state index in [-0.39, 0.29) is 0 Å². The number of rotatable bonds is 3. The lowest BCUT2D eigenvalue weighted by molar-refractivity contribution is -0.327. The number of benzene rings is 1. The van der Waals surface area contributed by atoms with Crippen molar-refractivity contribution in [2.24, 2.45) is 0 Å². The van der Waals surface area contributed by atoms with E-state index in [0.717, 1.165) is 22.1 Å². The molecule has 2 N–H and O–H groups in total. The molecule has 0 bridgehead atoms. The number of hydrogen-bond acceptors (Lipinski definition) is 2. The lowest BCUT2D eigenvalue weighted by atomic mass is 10.1. The second kappa shape index (κ2) is 4.94. The van der Waals surface area contributed by atoms with Crippen molar-refractivity contribution in [2.45, 2.75) is 13.5 Å². The van der Waals surface area contributed by atoms with Gasteiger partial charge in [0.1, 0.15) is 17.8 Å². The van der Waals surface area contributed by atoms with Gasteiger partial charge in [0.15, 0.2) is 0 Å². The molecule has 0 aliphatic carbocycles. The Morgan fingerprint density at radius 3 is 2.95 bits per heavy atom. The van der Waals surface area contributed by atoms with E-state index < -0.39 is 0 Å². The molecule has 3 aromatic rings. The van der Waals surface area contributed by atoms with Crippen LogP contribution in [0.25, 0.3) is 10.9 Å². The molecule has 19 heavy (non-hydrogen) atoms. The van der Waals surface area contributed by atoms with Gasteiger partial charge in [-0.2, -0.15) is 0 Å². The Kier molecular flexibility index (Phi) is 3.13. The third-order valence-electron chi connectivity index (χ3n) is 3.07. The van der Waals surface area contributed by atoms with Gasteiger partial charge in [0, 0.05) is 22.5 Å². The van der Waals surface area contributed by atoms with Crippen molar-refractivity contribution in [3.05, 3.63) is 59.0 Å². The second-order valence-corrected chi connectivity index (χ2v) is 4.93. The van der Waals surface area contributed by atoms with E-state index in [1.165, 1.54) is 10.9 Å². The smallest absolute Gasteiger partial charge is 0.273 e. The highest BCUT2D eigenvalue weighted by Crippen LogP contribution is 2.20. The summed E-state index contributed by atoms with van der Waals surface area (Å²) in [5.41, 5.74) is 2.22. The normalized spacial score (nSPS) is 10.8. The fourth-order valence-electron chi connectivity index (χ4n) is 2.13. The summed E-state index contributed by atoms with van der Waals surface area (Å²) in [7, 11) is 0. The van der Waals surface area contributed by atoms with Crippen LogP contribution in [0, 0.1) is 6.92 Å². The van der Waals surface area contributed by atoms with E-state index in [9.17, 15) is 0 Å². The summed E-state index contributed by atoms with van der Waals surface area (Å²) < 4.78 is 5.29. The maximum atomic E-state index is 6.03. The monoisotopic (exact) mass is 273 g/mol. The minimum absolute atomic E-state index is 0.648. The standard InChI is InChI=1S/C15H13ClN2O/c1-10-7-15(17-9-12-3-2-6-19-12)18-14-8-11(16)4-5-13(10)14/h2-8H,9H2,1H3,(H,17,18)/p+1. The summed E-state index contributed by atoms with van der Waals surface area (Å²) in [6, 6.07) is 11.8. The van der Waals surface area contributed by atoms with Crippen LogP contribution in [-0.2, 0) is 6.54 Å². The summed E-state index contributed by atoms with van der Waals surface area (Å²) in [4.78, 5) is 3.33. The molecule has 0 atom stereocenters. The number of nitrogens with one attached hydrogen (secondary N) is 2. The number of aryl methyl sites for hydroxylation is 1. The Hall–Kier alpha value is -2.00. The van der Waals surface area contributed by atoms with Crippen LogP contribution in [0.1, 0.15) is 11.3 Å². The molecule has 0 amide bonds. The number of anilines is 1. The fraction of sp³-hybridized carbons (Fsp3) is 0.133. The molecular weight excluding hydrogens is 260 g/mol. The topological polar surface area (TPSA) is 39.3 Å². The molecule has 0 aliphatic heterocycles. The van der Waals surface area contributed by atoms with Crippen molar-refractivity contribution in [2.75, 3.05) is 5.32 Å². The summed E-state index contributed by atoms with van der Waals surface area (Å²) in [5.74, 6) is 1.85. The van der Waals surface area contributed by atoms with Gasteiger partial charge in [0.25, 0.3) is 5.82 Å². The molecule has 0 unspecified atom stereocenters. The molecule has 2 aromatic heterocycles. The maximum absolute atomic E-state index is 6.03. The summed E-state index contributed by atoms with van der Waals surface area (Å²) in [5, 5.41) is 5.21. The van der Waals surface area contributed by atoms with Crippen molar-refractivity contribution < 1.29 is 9.40 Å². The average Bonchev–Trinajstić information content (AvgIpc) is 2.89.